The number of methoxy groups -OCH3 is 1. The Morgan fingerprint density at radius 3 is 2.71 bits per heavy atom. The van der Waals surface area contributed by atoms with Crippen LogP contribution in [0.3, 0.4) is 0 Å². The van der Waals surface area contributed by atoms with Crippen molar-refractivity contribution in [2.75, 3.05) is 14.2 Å². The van der Waals surface area contributed by atoms with E-state index in [4.69, 9.17) is 4.74 Å². The second kappa shape index (κ2) is 9.17. The van der Waals surface area contributed by atoms with Gasteiger partial charge in [0.2, 0.25) is 0 Å². The summed E-state index contributed by atoms with van der Waals surface area (Å²) in [6.45, 7) is 2.71. The molecule has 1 heterocycles. The number of hydrogen-bond acceptors (Lipinski definition) is 4. The minimum absolute atomic E-state index is 0.106. The maximum Gasteiger partial charge on any atom is 0.276 e. The normalized spacial score (nSPS) is 11.8. The average molecular weight is 378 g/mol. The van der Waals surface area contributed by atoms with Crippen molar-refractivity contribution < 1.29 is 9.53 Å². The largest absolute Gasteiger partial charge is 0.497 e. The molecule has 0 N–H and O–H groups in total. The molecule has 0 unspecified atom stereocenters. The van der Waals surface area contributed by atoms with Crippen LogP contribution in [0, 0.1) is 0 Å². The Hall–Kier alpha value is -3.15. The summed E-state index contributed by atoms with van der Waals surface area (Å²) in [6.07, 6.45) is 3.63. The van der Waals surface area contributed by atoms with Crippen LogP contribution in [-0.4, -0.2) is 40.0 Å². The lowest BCUT2D eigenvalue weighted by Crippen LogP contribution is -2.30. The van der Waals surface area contributed by atoms with Crippen molar-refractivity contribution in [2.45, 2.75) is 32.4 Å². The lowest BCUT2D eigenvalue weighted by Gasteiger charge is -2.24. The minimum Gasteiger partial charge on any atom is -0.497 e. The van der Waals surface area contributed by atoms with E-state index >= 15 is 0 Å². The molecule has 0 fully saturated rings. The third kappa shape index (κ3) is 4.76. The van der Waals surface area contributed by atoms with Crippen molar-refractivity contribution in [3.8, 4) is 5.75 Å². The van der Waals surface area contributed by atoms with Crippen molar-refractivity contribution in [2.24, 2.45) is 0 Å². The third-order valence-electron chi connectivity index (χ3n) is 4.93. The molecule has 3 rings (SSSR count). The first-order valence-corrected chi connectivity index (χ1v) is 9.43. The average Bonchev–Trinajstić information content (AvgIpc) is 3.22. The number of amides is 1. The molecule has 6 nitrogen and oxygen atoms in total. The standard InChI is InChI=1S/C22H26N4O2/c1-17(19-12-7-13-20(15-19)28-3)25(2)22(27)21-16-26(24-23-21)14-8-11-18-9-5-4-6-10-18/h4-7,9-10,12-13,15-17H,8,11,14H2,1-3H3/t17-/m1/s1. The first kappa shape index (κ1) is 19.6. The van der Waals surface area contributed by atoms with E-state index in [0.29, 0.717) is 5.69 Å². The Morgan fingerprint density at radius 2 is 1.96 bits per heavy atom. The fraction of sp³-hybridized carbons (Fsp3) is 0.318. The van der Waals surface area contributed by atoms with Crippen LogP contribution in [-0.2, 0) is 13.0 Å². The van der Waals surface area contributed by atoms with Crippen LogP contribution >= 0.6 is 0 Å². The maximum atomic E-state index is 12.8. The predicted molar refractivity (Wildman–Crippen MR) is 108 cm³/mol. The zero-order valence-electron chi connectivity index (χ0n) is 16.6. The topological polar surface area (TPSA) is 60.2 Å². The molecule has 0 aliphatic heterocycles. The maximum absolute atomic E-state index is 12.8. The molecule has 0 bridgehead atoms. The zero-order valence-corrected chi connectivity index (χ0v) is 16.6. The van der Waals surface area contributed by atoms with Crippen LogP contribution in [0.1, 0.15) is 41.0 Å². The lowest BCUT2D eigenvalue weighted by atomic mass is 10.1. The van der Waals surface area contributed by atoms with Crippen molar-refractivity contribution in [1.29, 1.82) is 0 Å². The van der Waals surface area contributed by atoms with Gasteiger partial charge in [-0.3, -0.25) is 9.48 Å². The Morgan fingerprint density at radius 1 is 1.18 bits per heavy atom. The third-order valence-corrected chi connectivity index (χ3v) is 4.93. The molecule has 0 saturated carbocycles. The number of nitrogens with zero attached hydrogens (tertiary/aromatic N) is 4. The summed E-state index contributed by atoms with van der Waals surface area (Å²) < 4.78 is 7.01. The molecule has 0 spiro atoms. The first-order chi connectivity index (χ1) is 13.6. The molecule has 0 aliphatic rings. The van der Waals surface area contributed by atoms with Gasteiger partial charge in [0, 0.05) is 13.6 Å². The van der Waals surface area contributed by atoms with Crippen LogP contribution in [0.25, 0.3) is 0 Å². The van der Waals surface area contributed by atoms with Gasteiger partial charge in [-0.1, -0.05) is 47.7 Å². The van der Waals surface area contributed by atoms with Crippen molar-refractivity contribution in [3.05, 3.63) is 77.6 Å². The number of hydrogen-bond donors (Lipinski definition) is 0. The smallest absolute Gasteiger partial charge is 0.276 e. The molecule has 6 heteroatoms. The molecule has 2 aromatic carbocycles. The van der Waals surface area contributed by atoms with E-state index in [1.165, 1.54) is 5.56 Å². The molecular weight excluding hydrogens is 352 g/mol. The lowest BCUT2D eigenvalue weighted by molar-refractivity contribution is 0.0736. The molecule has 0 radical (unpaired) electrons. The molecule has 1 amide bonds. The summed E-state index contributed by atoms with van der Waals surface area (Å²) >= 11 is 0. The number of carbonyl (C=O) groups is 1. The highest BCUT2D eigenvalue weighted by Crippen LogP contribution is 2.23. The predicted octanol–water partition coefficient (Wildman–Crippen LogP) is 3.75. The fourth-order valence-corrected chi connectivity index (χ4v) is 3.08. The van der Waals surface area contributed by atoms with E-state index in [9.17, 15) is 4.79 Å². The SMILES string of the molecule is COc1cccc([C@@H](C)N(C)C(=O)c2cn(CCCc3ccccc3)nn2)c1. The Balaban J connectivity index is 1.59. The zero-order chi connectivity index (χ0) is 19.9. The monoisotopic (exact) mass is 378 g/mol. The number of benzene rings is 2. The van der Waals surface area contributed by atoms with Gasteiger partial charge in [-0.15, -0.1) is 5.10 Å². The van der Waals surface area contributed by atoms with Gasteiger partial charge in [-0.05, 0) is 43.0 Å². The molecule has 1 atom stereocenters. The number of rotatable bonds is 8. The second-order valence-electron chi connectivity index (χ2n) is 6.82. The molecule has 28 heavy (non-hydrogen) atoms. The van der Waals surface area contributed by atoms with Gasteiger partial charge in [-0.25, -0.2) is 0 Å². The van der Waals surface area contributed by atoms with Crippen LogP contribution in [0.2, 0.25) is 0 Å². The van der Waals surface area contributed by atoms with Crippen LogP contribution in [0.4, 0.5) is 0 Å². The molecule has 0 aliphatic carbocycles. The Labute approximate surface area is 165 Å². The quantitative estimate of drug-likeness (QED) is 0.599. The van der Waals surface area contributed by atoms with E-state index in [-0.39, 0.29) is 11.9 Å². The highest BCUT2D eigenvalue weighted by atomic mass is 16.5. The van der Waals surface area contributed by atoms with Crippen LogP contribution in [0.5, 0.6) is 5.75 Å². The summed E-state index contributed by atoms with van der Waals surface area (Å²) in [6, 6.07) is 18.0. The van der Waals surface area contributed by atoms with Crippen LogP contribution < -0.4 is 4.74 Å². The molecule has 1 aromatic heterocycles. The van der Waals surface area contributed by atoms with Gasteiger partial charge in [-0.2, -0.15) is 0 Å². The van der Waals surface area contributed by atoms with Gasteiger partial charge in [0.25, 0.3) is 5.91 Å². The summed E-state index contributed by atoms with van der Waals surface area (Å²) in [7, 11) is 3.41. The van der Waals surface area contributed by atoms with Gasteiger partial charge >= 0.3 is 0 Å². The second-order valence-corrected chi connectivity index (χ2v) is 6.82. The summed E-state index contributed by atoms with van der Waals surface area (Å²) in [5.41, 5.74) is 2.66. The molecule has 3 aromatic rings. The van der Waals surface area contributed by atoms with Gasteiger partial charge in [0.1, 0.15) is 5.75 Å². The van der Waals surface area contributed by atoms with Crippen molar-refractivity contribution in [1.82, 2.24) is 19.9 Å². The Kier molecular flexibility index (Phi) is 6.42. The summed E-state index contributed by atoms with van der Waals surface area (Å²) in [5, 5.41) is 8.18. The van der Waals surface area contributed by atoms with E-state index in [2.05, 4.69) is 22.4 Å². The molecular formula is C22H26N4O2. The number of ether oxygens (including phenoxy) is 1. The number of aromatic nitrogens is 3. The molecule has 0 saturated heterocycles. The summed E-state index contributed by atoms with van der Waals surface area (Å²) in [5.74, 6) is 0.624. The summed E-state index contributed by atoms with van der Waals surface area (Å²) in [4.78, 5) is 14.5. The first-order valence-electron chi connectivity index (χ1n) is 9.43. The highest BCUT2D eigenvalue weighted by Gasteiger charge is 2.21. The van der Waals surface area contributed by atoms with E-state index in [0.717, 1.165) is 30.7 Å². The highest BCUT2D eigenvalue weighted by molar-refractivity contribution is 5.92. The number of aryl methyl sites for hydroxylation is 2. The van der Waals surface area contributed by atoms with Gasteiger partial charge in [0.15, 0.2) is 5.69 Å². The van der Waals surface area contributed by atoms with Crippen molar-refractivity contribution in [3.63, 3.8) is 0 Å². The van der Waals surface area contributed by atoms with Gasteiger partial charge < -0.3 is 9.64 Å². The minimum atomic E-state index is -0.148. The van der Waals surface area contributed by atoms with Crippen molar-refractivity contribution >= 4 is 5.91 Å². The molecule has 146 valence electrons. The van der Waals surface area contributed by atoms with E-state index < -0.39 is 0 Å². The van der Waals surface area contributed by atoms with Crippen LogP contribution in [0.15, 0.2) is 60.8 Å². The fourth-order valence-electron chi connectivity index (χ4n) is 3.08. The number of carbonyl (C=O) groups excluding carboxylic acids is 1. The van der Waals surface area contributed by atoms with E-state index in [1.54, 1.807) is 29.9 Å². The Bertz CT molecular complexity index is 908. The van der Waals surface area contributed by atoms with Gasteiger partial charge in [0.05, 0.1) is 19.3 Å². The van der Waals surface area contributed by atoms with E-state index in [1.807, 2.05) is 49.4 Å².